The molecule has 0 saturated carbocycles. The topological polar surface area (TPSA) is 134 Å². The van der Waals surface area contributed by atoms with Crippen LogP contribution in [0.25, 0.3) is 0 Å². The molecule has 0 heterocycles. The van der Waals surface area contributed by atoms with Crippen molar-refractivity contribution in [3.63, 3.8) is 0 Å². The molecule has 0 radical (unpaired) electrons. The minimum absolute atomic E-state index is 0. The summed E-state index contributed by atoms with van der Waals surface area (Å²) >= 11 is 0. The van der Waals surface area contributed by atoms with Gasteiger partial charge in [0.25, 0.3) is 5.91 Å². The van der Waals surface area contributed by atoms with Gasteiger partial charge in [0.1, 0.15) is 12.0 Å². The van der Waals surface area contributed by atoms with Crippen molar-refractivity contribution in [1.82, 2.24) is 5.32 Å². The summed E-state index contributed by atoms with van der Waals surface area (Å²) in [5, 5.41) is 39.4. The number of carboxylic acids is 1. The molecule has 2 rings (SSSR count). The smallest absolute Gasteiger partial charge is 0.545 e. The number of hydrogen-bond donors (Lipinski definition) is 3. The molecule has 0 aliphatic carbocycles. The van der Waals surface area contributed by atoms with E-state index >= 15 is 0 Å². The van der Waals surface area contributed by atoms with E-state index in [-0.39, 0.29) is 40.8 Å². The van der Waals surface area contributed by atoms with Gasteiger partial charge in [-0.2, -0.15) is 10.2 Å². The molecule has 1 atom stereocenters. The van der Waals surface area contributed by atoms with Gasteiger partial charge in [0.2, 0.25) is 0 Å². The largest absolute Gasteiger partial charge is 1.00 e. The molecule has 0 saturated heterocycles. The zero-order valence-electron chi connectivity index (χ0n) is 13.6. The van der Waals surface area contributed by atoms with Crippen molar-refractivity contribution in [2.24, 2.45) is 10.2 Å². The zero-order chi connectivity index (χ0) is 17.7. The summed E-state index contributed by atoms with van der Waals surface area (Å²) in [5.41, 5.74) is 0.630. The third-order valence-corrected chi connectivity index (χ3v) is 2.95. The Morgan fingerprint density at radius 1 is 1.08 bits per heavy atom. The van der Waals surface area contributed by atoms with Gasteiger partial charge in [-0.05, 0) is 49.4 Å². The fraction of sp³-hybridized carbons (Fsp3) is 0.125. The van der Waals surface area contributed by atoms with Crippen molar-refractivity contribution in [3.8, 4) is 5.75 Å². The SMILES string of the molecule is CC(O)NC(=O)c1ccc(N=Nc2ccc(O)c(C(=O)[O-])c2)cc1.[Na+]. The number of hydrogen-bond acceptors (Lipinski definition) is 7. The number of azo groups is 1. The number of amides is 1. The Morgan fingerprint density at radius 3 is 2.20 bits per heavy atom. The summed E-state index contributed by atoms with van der Waals surface area (Å²) in [6.07, 6.45) is -0.954. The summed E-state index contributed by atoms with van der Waals surface area (Å²) in [7, 11) is 0. The number of nitrogens with one attached hydrogen (secondary N) is 1. The first-order valence-electron chi connectivity index (χ1n) is 6.92. The van der Waals surface area contributed by atoms with E-state index in [9.17, 15) is 19.8 Å². The predicted molar refractivity (Wildman–Crippen MR) is 82.2 cm³/mol. The first kappa shape index (κ1) is 20.8. The van der Waals surface area contributed by atoms with Gasteiger partial charge in [-0.3, -0.25) is 4.79 Å². The monoisotopic (exact) mass is 351 g/mol. The average Bonchev–Trinajstić information content (AvgIpc) is 2.53. The average molecular weight is 351 g/mol. The second kappa shape index (κ2) is 9.28. The summed E-state index contributed by atoms with van der Waals surface area (Å²) in [4.78, 5) is 22.5. The van der Waals surface area contributed by atoms with Crippen molar-refractivity contribution in [3.05, 3.63) is 53.6 Å². The number of carbonyl (C=O) groups excluding carboxylic acids is 2. The van der Waals surface area contributed by atoms with Crippen molar-refractivity contribution in [1.29, 1.82) is 0 Å². The minimum atomic E-state index is -1.52. The van der Waals surface area contributed by atoms with Crippen LogP contribution in [-0.2, 0) is 0 Å². The number of nitrogens with zero attached hydrogens (tertiary/aromatic N) is 2. The predicted octanol–water partition coefficient (Wildman–Crippen LogP) is -1.76. The molecule has 25 heavy (non-hydrogen) atoms. The van der Waals surface area contributed by atoms with E-state index in [4.69, 9.17) is 5.11 Å². The number of aliphatic hydroxyl groups excluding tert-OH is 1. The van der Waals surface area contributed by atoms with Gasteiger partial charge in [-0.25, -0.2) is 0 Å². The van der Waals surface area contributed by atoms with Crippen LogP contribution in [-0.4, -0.2) is 28.3 Å². The second-order valence-electron chi connectivity index (χ2n) is 4.89. The molecule has 1 unspecified atom stereocenters. The Kier molecular flexibility index (Phi) is 7.72. The van der Waals surface area contributed by atoms with E-state index in [0.29, 0.717) is 11.3 Å². The van der Waals surface area contributed by atoms with Crippen molar-refractivity contribution >= 4 is 23.3 Å². The van der Waals surface area contributed by atoms with Gasteiger partial charge in [-0.1, -0.05) is 0 Å². The third-order valence-electron chi connectivity index (χ3n) is 2.95. The third kappa shape index (κ3) is 5.95. The molecule has 0 aromatic heterocycles. The molecule has 124 valence electrons. The zero-order valence-corrected chi connectivity index (χ0v) is 15.6. The minimum Gasteiger partial charge on any atom is -0.545 e. The van der Waals surface area contributed by atoms with Crippen LogP contribution in [0.5, 0.6) is 5.75 Å². The molecular weight excluding hydrogens is 337 g/mol. The van der Waals surface area contributed by atoms with Crippen LogP contribution in [0.3, 0.4) is 0 Å². The van der Waals surface area contributed by atoms with E-state index in [2.05, 4.69) is 15.5 Å². The molecule has 9 heteroatoms. The van der Waals surface area contributed by atoms with Crippen LogP contribution in [0.1, 0.15) is 27.6 Å². The Bertz CT molecular complexity index is 791. The second-order valence-corrected chi connectivity index (χ2v) is 4.89. The van der Waals surface area contributed by atoms with E-state index in [1.165, 1.54) is 31.2 Å². The molecule has 3 N–H and O–H groups in total. The number of phenols is 1. The number of rotatable bonds is 5. The van der Waals surface area contributed by atoms with Crippen LogP contribution in [0.2, 0.25) is 0 Å². The number of carbonyl (C=O) groups is 2. The Balaban J connectivity index is 0.00000312. The fourth-order valence-corrected chi connectivity index (χ4v) is 1.82. The number of aromatic carboxylic acids is 1. The summed E-state index contributed by atoms with van der Waals surface area (Å²) in [6, 6.07) is 9.82. The van der Waals surface area contributed by atoms with Crippen LogP contribution < -0.4 is 40.0 Å². The van der Waals surface area contributed by atoms with E-state index in [0.717, 1.165) is 6.07 Å². The molecule has 1 amide bonds. The quantitative estimate of drug-likeness (QED) is 0.333. The molecule has 0 aliphatic rings. The Hall–Kier alpha value is -2.26. The van der Waals surface area contributed by atoms with Crippen LogP contribution in [0.4, 0.5) is 11.4 Å². The number of aliphatic hydroxyl groups is 1. The summed E-state index contributed by atoms with van der Waals surface area (Å²) < 4.78 is 0. The Morgan fingerprint density at radius 2 is 1.64 bits per heavy atom. The van der Waals surface area contributed by atoms with Gasteiger partial charge in [0.05, 0.1) is 17.3 Å². The normalized spacial score (nSPS) is 11.6. The standard InChI is InChI=1S/C16H15N3O5.Na/c1-9(20)17-15(22)10-2-4-11(5-3-10)18-19-12-6-7-14(21)13(8-12)16(23)24;/h2-9,20-21H,1H3,(H,17,22)(H,23,24);/q;+1/p-1. The van der Waals surface area contributed by atoms with Gasteiger partial charge >= 0.3 is 29.6 Å². The van der Waals surface area contributed by atoms with Crippen molar-refractivity contribution in [2.45, 2.75) is 13.2 Å². The molecule has 0 bridgehead atoms. The Labute approximate surface area is 165 Å². The number of aromatic hydroxyl groups is 1. The first-order chi connectivity index (χ1) is 11.4. The van der Waals surface area contributed by atoms with Crippen molar-refractivity contribution < 1.29 is 54.5 Å². The number of benzene rings is 2. The summed E-state index contributed by atoms with van der Waals surface area (Å²) in [6.45, 7) is 1.43. The molecule has 0 aliphatic heterocycles. The first-order valence-corrected chi connectivity index (χ1v) is 6.92. The molecule has 2 aromatic carbocycles. The van der Waals surface area contributed by atoms with E-state index in [1.54, 1.807) is 12.1 Å². The molecule has 8 nitrogen and oxygen atoms in total. The van der Waals surface area contributed by atoms with Gasteiger partial charge in [0.15, 0.2) is 0 Å². The van der Waals surface area contributed by atoms with Gasteiger partial charge in [-0.15, -0.1) is 0 Å². The van der Waals surface area contributed by atoms with Crippen LogP contribution >= 0.6 is 0 Å². The fourth-order valence-electron chi connectivity index (χ4n) is 1.82. The molecule has 2 aromatic rings. The van der Waals surface area contributed by atoms with Crippen molar-refractivity contribution in [2.75, 3.05) is 0 Å². The van der Waals surface area contributed by atoms with E-state index < -0.39 is 23.9 Å². The van der Waals surface area contributed by atoms with Crippen LogP contribution in [0, 0.1) is 0 Å². The molecule has 0 spiro atoms. The van der Waals surface area contributed by atoms with Gasteiger partial charge < -0.3 is 25.4 Å². The maximum absolute atomic E-state index is 11.7. The number of carboxylic acid groups (broad SMARTS) is 1. The maximum Gasteiger partial charge on any atom is 1.00 e. The molecule has 0 fully saturated rings. The molecular formula is C16H14N3NaO5. The summed E-state index contributed by atoms with van der Waals surface area (Å²) in [5.74, 6) is -2.36. The van der Waals surface area contributed by atoms with E-state index in [1.807, 2.05) is 0 Å². The maximum atomic E-state index is 11.7. The van der Waals surface area contributed by atoms with Crippen LogP contribution in [0.15, 0.2) is 52.7 Å². The van der Waals surface area contributed by atoms with Gasteiger partial charge in [0, 0.05) is 11.1 Å².